The minimum absolute atomic E-state index is 0.165. The molecule has 31 heavy (non-hydrogen) atoms. The van der Waals surface area contributed by atoms with Gasteiger partial charge in [-0.3, -0.25) is 10.1 Å². The molecular weight excluding hydrogens is 410 g/mol. The molecule has 1 aliphatic rings. The second-order valence-corrected chi connectivity index (χ2v) is 7.53. The number of carbonyl (C=O) groups excluding carboxylic acids is 1. The Morgan fingerprint density at radius 1 is 0.935 bits per heavy atom. The maximum atomic E-state index is 12.6. The predicted molar refractivity (Wildman–Crippen MR) is 122 cm³/mol. The lowest BCUT2D eigenvalue weighted by Crippen LogP contribution is -2.20. The topological polar surface area (TPSA) is 71.8 Å². The molecule has 0 spiro atoms. The summed E-state index contributed by atoms with van der Waals surface area (Å²) < 4.78 is 1.78. The summed E-state index contributed by atoms with van der Waals surface area (Å²) in [6.07, 6.45) is 2.11. The number of halogens is 1. The van der Waals surface area contributed by atoms with Gasteiger partial charge in [0, 0.05) is 16.3 Å². The molecule has 0 aliphatic carbocycles. The fourth-order valence-electron chi connectivity index (χ4n) is 3.49. The Kier molecular flexibility index (Phi) is 4.98. The van der Waals surface area contributed by atoms with Gasteiger partial charge in [-0.05, 0) is 41.5 Å². The monoisotopic (exact) mass is 427 g/mol. The van der Waals surface area contributed by atoms with Gasteiger partial charge in [0.1, 0.15) is 6.04 Å². The zero-order valence-electron chi connectivity index (χ0n) is 16.4. The van der Waals surface area contributed by atoms with Crippen LogP contribution in [-0.4, -0.2) is 20.7 Å². The number of anilines is 2. The molecule has 2 N–H and O–H groups in total. The third-order valence-electron chi connectivity index (χ3n) is 5.02. The minimum atomic E-state index is -0.299. The van der Waals surface area contributed by atoms with Crippen molar-refractivity contribution in [1.82, 2.24) is 14.8 Å². The van der Waals surface area contributed by atoms with E-state index in [9.17, 15) is 4.79 Å². The van der Waals surface area contributed by atoms with E-state index in [1.54, 1.807) is 28.9 Å². The molecule has 3 aromatic carbocycles. The molecule has 7 heteroatoms. The molecule has 0 radical (unpaired) electrons. The second-order valence-electron chi connectivity index (χ2n) is 7.09. The number of fused-ring (bicyclic) bond motifs is 1. The van der Waals surface area contributed by atoms with E-state index >= 15 is 0 Å². The lowest BCUT2D eigenvalue weighted by molar-refractivity contribution is 0.102. The van der Waals surface area contributed by atoms with Crippen LogP contribution in [0.1, 0.15) is 27.5 Å². The molecule has 6 nitrogen and oxygen atoms in total. The highest BCUT2D eigenvalue weighted by Crippen LogP contribution is 2.33. The Morgan fingerprint density at radius 3 is 2.32 bits per heavy atom. The lowest BCUT2D eigenvalue weighted by atomic mass is 10.0. The first kappa shape index (κ1) is 19.1. The van der Waals surface area contributed by atoms with E-state index in [1.165, 1.54) is 0 Å². The number of carbonyl (C=O) groups is 1. The van der Waals surface area contributed by atoms with E-state index in [2.05, 4.69) is 26.8 Å². The maximum absolute atomic E-state index is 12.6. The van der Waals surface area contributed by atoms with E-state index in [0.29, 0.717) is 16.5 Å². The fraction of sp³-hybridized carbons (Fsp3) is 0.0417. The van der Waals surface area contributed by atoms with Crippen molar-refractivity contribution in [2.75, 3.05) is 10.6 Å². The highest BCUT2D eigenvalue weighted by atomic mass is 35.5. The van der Waals surface area contributed by atoms with Crippen LogP contribution in [-0.2, 0) is 0 Å². The number of benzene rings is 3. The molecule has 4 aromatic rings. The molecule has 0 saturated heterocycles. The van der Waals surface area contributed by atoms with Crippen LogP contribution in [0.5, 0.6) is 0 Å². The van der Waals surface area contributed by atoms with Gasteiger partial charge in [-0.2, -0.15) is 4.98 Å². The van der Waals surface area contributed by atoms with Gasteiger partial charge in [-0.25, -0.2) is 4.68 Å². The van der Waals surface area contributed by atoms with Gasteiger partial charge in [0.15, 0.2) is 0 Å². The van der Waals surface area contributed by atoms with Crippen molar-refractivity contribution in [1.29, 1.82) is 0 Å². The number of hydrogen-bond acceptors (Lipinski definition) is 4. The van der Waals surface area contributed by atoms with Gasteiger partial charge in [-0.1, -0.05) is 72.3 Å². The number of allylic oxidation sites excluding steroid dienone is 1. The number of nitrogens with zero attached hydrogens (tertiary/aromatic N) is 3. The standard InChI is InChI=1S/C24H18ClN5O/c25-19-13-11-18(12-14-19)22(31)27-23-28-24-26-20(16-7-3-1-4-8-16)15-21(30(24)29-23)17-9-5-2-6-10-17/h1-15,21H,(H2,26,27,28,29,31)/t21-/m1/s1. The maximum Gasteiger partial charge on any atom is 0.258 e. The summed E-state index contributed by atoms with van der Waals surface area (Å²) in [4.78, 5) is 17.1. The van der Waals surface area contributed by atoms with Crippen molar-refractivity contribution in [2.24, 2.45) is 0 Å². The quantitative estimate of drug-likeness (QED) is 0.467. The van der Waals surface area contributed by atoms with Gasteiger partial charge >= 0.3 is 0 Å². The van der Waals surface area contributed by atoms with Gasteiger partial charge < -0.3 is 5.32 Å². The van der Waals surface area contributed by atoms with Crippen molar-refractivity contribution in [2.45, 2.75) is 6.04 Å². The largest absolute Gasteiger partial charge is 0.324 e. The highest BCUT2D eigenvalue weighted by molar-refractivity contribution is 6.30. The molecule has 1 amide bonds. The molecule has 5 rings (SSSR count). The molecule has 152 valence electrons. The molecule has 1 aromatic heterocycles. The number of rotatable bonds is 4. The number of nitrogens with one attached hydrogen (secondary N) is 2. The molecular formula is C24H18ClN5O. The predicted octanol–water partition coefficient (Wildman–Crippen LogP) is 5.24. The SMILES string of the molecule is O=C(Nc1nc2n(n1)[C@@H](c1ccccc1)C=C(c1ccccc1)N2)c1ccc(Cl)cc1. The smallest absolute Gasteiger partial charge is 0.258 e. The van der Waals surface area contributed by atoms with E-state index in [4.69, 9.17) is 11.6 Å². The molecule has 0 fully saturated rings. The summed E-state index contributed by atoms with van der Waals surface area (Å²) in [5.74, 6) is 0.486. The van der Waals surface area contributed by atoms with Crippen molar-refractivity contribution in [3.63, 3.8) is 0 Å². The summed E-state index contributed by atoms with van der Waals surface area (Å²) in [6, 6.07) is 26.6. The second kappa shape index (κ2) is 8.08. The summed E-state index contributed by atoms with van der Waals surface area (Å²) in [5, 5.41) is 11.2. The van der Waals surface area contributed by atoms with Crippen LogP contribution in [0.15, 0.2) is 91.0 Å². The van der Waals surface area contributed by atoms with Crippen molar-refractivity contribution < 1.29 is 4.79 Å². The van der Waals surface area contributed by atoms with Crippen LogP contribution < -0.4 is 10.6 Å². The zero-order chi connectivity index (χ0) is 21.2. The van der Waals surface area contributed by atoms with Crippen LogP contribution in [0.2, 0.25) is 5.02 Å². The number of aromatic nitrogens is 3. The average Bonchev–Trinajstić information content (AvgIpc) is 3.22. The molecule has 1 aliphatic heterocycles. The third-order valence-corrected chi connectivity index (χ3v) is 5.28. The van der Waals surface area contributed by atoms with E-state index in [0.717, 1.165) is 16.8 Å². The van der Waals surface area contributed by atoms with E-state index in [1.807, 2.05) is 60.7 Å². The van der Waals surface area contributed by atoms with Crippen molar-refractivity contribution in [3.05, 3.63) is 113 Å². The molecule has 0 unspecified atom stereocenters. The first-order valence-electron chi connectivity index (χ1n) is 9.80. The van der Waals surface area contributed by atoms with Crippen LogP contribution in [0.4, 0.5) is 11.9 Å². The molecule has 0 saturated carbocycles. The molecule has 0 bridgehead atoms. The summed E-state index contributed by atoms with van der Waals surface area (Å²) in [7, 11) is 0. The Bertz CT molecular complexity index is 1250. The van der Waals surface area contributed by atoms with Crippen LogP contribution in [0.3, 0.4) is 0 Å². The first-order chi connectivity index (χ1) is 15.2. The zero-order valence-corrected chi connectivity index (χ0v) is 17.1. The van der Waals surface area contributed by atoms with Gasteiger partial charge in [0.25, 0.3) is 11.9 Å². The lowest BCUT2D eigenvalue weighted by Gasteiger charge is -2.24. The number of hydrogen-bond donors (Lipinski definition) is 2. The summed E-state index contributed by atoms with van der Waals surface area (Å²) >= 11 is 5.91. The highest BCUT2D eigenvalue weighted by Gasteiger charge is 2.25. The van der Waals surface area contributed by atoms with Crippen LogP contribution >= 0.6 is 11.6 Å². The fourth-order valence-corrected chi connectivity index (χ4v) is 3.62. The first-order valence-corrected chi connectivity index (χ1v) is 10.2. The van der Waals surface area contributed by atoms with Crippen molar-refractivity contribution >= 4 is 35.1 Å². The van der Waals surface area contributed by atoms with Crippen LogP contribution in [0, 0.1) is 0 Å². The molecule has 2 heterocycles. The van der Waals surface area contributed by atoms with E-state index < -0.39 is 0 Å². The third kappa shape index (κ3) is 3.93. The van der Waals surface area contributed by atoms with Crippen molar-refractivity contribution in [3.8, 4) is 0 Å². The Morgan fingerprint density at radius 2 is 1.61 bits per heavy atom. The molecule has 1 atom stereocenters. The van der Waals surface area contributed by atoms with Gasteiger partial charge in [0.2, 0.25) is 5.95 Å². The Hall–Kier alpha value is -3.90. The normalized spacial score (nSPS) is 14.9. The van der Waals surface area contributed by atoms with Crippen LogP contribution in [0.25, 0.3) is 5.70 Å². The Balaban J connectivity index is 1.49. The number of amides is 1. The average molecular weight is 428 g/mol. The van der Waals surface area contributed by atoms with Gasteiger partial charge in [-0.15, -0.1) is 5.10 Å². The minimum Gasteiger partial charge on any atom is -0.324 e. The Labute approximate surface area is 184 Å². The van der Waals surface area contributed by atoms with Gasteiger partial charge in [0.05, 0.1) is 0 Å². The van der Waals surface area contributed by atoms with E-state index in [-0.39, 0.29) is 17.9 Å². The summed E-state index contributed by atoms with van der Waals surface area (Å²) in [5.41, 5.74) is 3.53. The summed E-state index contributed by atoms with van der Waals surface area (Å²) in [6.45, 7) is 0.